The normalized spacial score (nSPS) is 23.2. The minimum atomic E-state index is 0.682. The molecule has 1 rings (SSSR count). The van der Waals surface area contributed by atoms with Crippen molar-refractivity contribution < 1.29 is 0 Å². The lowest BCUT2D eigenvalue weighted by Gasteiger charge is -2.16. The first kappa shape index (κ1) is 15.8. The topological polar surface area (TPSA) is 12.0 Å². The maximum atomic E-state index is 4.13. The molecule has 0 aromatic heterocycles. The van der Waals surface area contributed by atoms with Gasteiger partial charge in [-0.05, 0) is 68.9 Å². The summed E-state index contributed by atoms with van der Waals surface area (Å²) < 4.78 is 0. The van der Waals surface area contributed by atoms with E-state index in [4.69, 9.17) is 0 Å². The second-order valence-corrected chi connectivity index (χ2v) is 5.88. The second-order valence-electron chi connectivity index (χ2n) is 5.88. The first-order valence-electron chi connectivity index (χ1n) is 7.39. The van der Waals surface area contributed by atoms with Gasteiger partial charge in [-0.15, -0.1) is 6.58 Å². The summed E-state index contributed by atoms with van der Waals surface area (Å²) in [5.74, 6) is 1.55. The van der Waals surface area contributed by atoms with E-state index < -0.39 is 0 Å². The Balaban J connectivity index is 2.56. The third-order valence-corrected chi connectivity index (χ3v) is 3.94. The molecule has 0 radical (unpaired) electrons. The number of hydrogen-bond acceptors (Lipinski definition) is 1. The van der Waals surface area contributed by atoms with Crippen molar-refractivity contribution in [1.29, 1.82) is 0 Å². The number of hydrogen-bond donors (Lipinski definition) is 1. The summed E-state index contributed by atoms with van der Waals surface area (Å²) in [6, 6.07) is 0. The molecule has 2 unspecified atom stereocenters. The molecule has 0 aromatic carbocycles. The molecule has 0 bridgehead atoms. The SMILES string of the molecule is C=CCCC1CCC(/C(=C/C(=C)CC(=C)C)NC)C1. The minimum Gasteiger partial charge on any atom is -0.391 e. The molecule has 1 saturated carbocycles. The largest absolute Gasteiger partial charge is 0.391 e. The molecule has 0 aromatic rings. The lowest BCUT2D eigenvalue weighted by atomic mass is 9.96. The van der Waals surface area contributed by atoms with Crippen LogP contribution in [-0.4, -0.2) is 7.05 Å². The van der Waals surface area contributed by atoms with Crippen LogP contribution in [0, 0.1) is 11.8 Å². The van der Waals surface area contributed by atoms with Gasteiger partial charge in [0.15, 0.2) is 0 Å². The average molecular weight is 259 g/mol. The predicted octanol–water partition coefficient (Wildman–Crippen LogP) is 4.99. The van der Waals surface area contributed by atoms with Gasteiger partial charge in [0.25, 0.3) is 0 Å². The Bertz CT molecular complexity index is 362. The quantitative estimate of drug-likeness (QED) is 0.478. The lowest BCUT2D eigenvalue weighted by molar-refractivity contribution is 0.485. The van der Waals surface area contributed by atoms with Crippen molar-refractivity contribution in [2.45, 2.75) is 45.4 Å². The Hall–Kier alpha value is -1.24. The van der Waals surface area contributed by atoms with Crippen LogP contribution in [0.5, 0.6) is 0 Å². The van der Waals surface area contributed by atoms with Gasteiger partial charge >= 0.3 is 0 Å². The summed E-state index contributed by atoms with van der Waals surface area (Å²) in [6.07, 6.45) is 11.6. The summed E-state index contributed by atoms with van der Waals surface area (Å²) in [5.41, 5.74) is 3.69. The average Bonchev–Trinajstić information content (AvgIpc) is 2.81. The van der Waals surface area contributed by atoms with Crippen LogP contribution in [0.4, 0.5) is 0 Å². The van der Waals surface area contributed by atoms with E-state index in [1.165, 1.54) is 37.0 Å². The third kappa shape index (κ3) is 5.50. The van der Waals surface area contributed by atoms with Crippen LogP contribution in [0.3, 0.4) is 0 Å². The number of allylic oxidation sites excluding steroid dienone is 5. The van der Waals surface area contributed by atoms with Crippen LogP contribution in [0.15, 0.2) is 48.7 Å². The van der Waals surface area contributed by atoms with Crippen molar-refractivity contribution in [3.05, 3.63) is 48.7 Å². The molecule has 2 atom stereocenters. The molecular weight excluding hydrogens is 230 g/mol. The zero-order valence-electron chi connectivity index (χ0n) is 12.7. The van der Waals surface area contributed by atoms with E-state index in [2.05, 4.69) is 38.1 Å². The summed E-state index contributed by atoms with van der Waals surface area (Å²) in [5, 5.41) is 3.38. The highest BCUT2D eigenvalue weighted by molar-refractivity contribution is 5.25. The maximum absolute atomic E-state index is 4.13. The molecule has 1 fully saturated rings. The zero-order valence-corrected chi connectivity index (χ0v) is 12.7. The van der Waals surface area contributed by atoms with E-state index in [0.29, 0.717) is 5.92 Å². The molecule has 1 heteroatoms. The Morgan fingerprint density at radius 3 is 2.63 bits per heavy atom. The third-order valence-electron chi connectivity index (χ3n) is 3.94. The summed E-state index contributed by atoms with van der Waals surface area (Å²) in [7, 11) is 2.02. The summed E-state index contributed by atoms with van der Waals surface area (Å²) >= 11 is 0. The molecule has 106 valence electrons. The molecule has 1 aliphatic rings. The highest BCUT2D eigenvalue weighted by Gasteiger charge is 2.26. The summed E-state index contributed by atoms with van der Waals surface area (Å²) in [6.45, 7) is 14.0. The second kappa shape index (κ2) is 8.04. The minimum absolute atomic E-state index is 0.682. The van der Waals surface area contributed by atoms with Gasteiger partial charge in [-0.3, -0.25) is 0 Å². The molecule has 0 amide bonds. The smallest absolute Gasteiger partial charge is 0.0138 e. The molecule has 1 aliphatic carbocycles. The van der Waals surface area contributed by atoms with Gasteiger partial charge < -0.3 is 5.32 Å². The van der Waals surface area contributed by atoms with Crippen molar-refractivity contribution in [3.8, 4) is 0 Å². The van der Waals surface area contributed by atoms with Gasteiger partial charge in [0.2, 0.25) is 0 Å². The van der Waals surface area contributed by atoms with Crippen molar-refractivity contribution >= 4 is 0 Å². The van der Waals surface area contributed by atoms with E-state index in [0.717, 1.165) is 24.3 Å². The van der Waals surface area contributed by atoms with Crippen LogP contribution in [0.2, 0.25) is 0 Å². The van der Waals surface area contributed by atoms with Crippen LogP contribution >= 0.6 is 0 Å². The molecule has 0 aliphatic heterocycles. The van der Waals surface area contributed by atoms with Crippen LogP contribution in [0.25, 0.3) is 0 Å². The standard InChI is InChI=1S/C18H29N/c1-6-7-8-16-9-10-17(13-16)18(19-5)12-15(4)11-14(2)3/h6,12,16-17,19H,1-2,4,7-11,13H2,3,5H3/b18-12-. The molecule has 0 spiro atoms. The molecule has 1 nitrogen and oxygen atoms in total. The van der Waals surface area contributed by atoms with Crippen molar-refractivity contribution in [2.75, 3.05) is 7.05 Å². The van der Waals surface area contributed by atoms with Gasteiger partial charge in [0, 0.05) is 12.7 Å². The molecule has 0 saturated heterocycles. The van der Waals surface area contributed by atoms with E-state index in [1.807, 2.05) is 13.1 Å². The molecule has 1 N–H and O–H groups in total. The van der Waals surface area contributed by atoms with Crippen LogP contribution in [-0.2, 0) is 0 Å². The van der Waals surface area contributed by atoms with Crippen LogP contribution in [0.1, 0.15) is 45.4 Å². The molecule has 0 heterocycles. The highest BCUT2D eigenvalue weighted by Crippen LogP contribution is 2.37. The Morgan fingerprint density at radius 1 is 1.32 bits per heavy atom. The molecular formula is C18H29N. The van der Waals surface area contributed by atoms with Crippen molar-refractivity contribution in [3.63, 3.8) is 0 Å². The van der Waals surface area contributed by atoms with Gasteiger partial charge in [-0.25, -0.2) is 0 Å². The number of rotatable bonds is 8. The van der Waals surface area contributed by atoms with Gasteiger partial charge in [0.1, 0.15) is 0 Å². The first-order chi connectivity index (χ1) is 9.06. The fraction of sp³-hybridized carbons (Fsp3) is 0.556. The van der Waals surface area contributed by atoms with E-state index in [1.54, 1.807) is 0 Å². The molecule has 19 heavy (non-hydrogen) atoms. The highest BCUT2D eigenvalue weighted by atomic mass is 14.8. The monoisotopic (exact) mass is 259 g/mol. The fourth-order valence-electron chi connectivity index (χ4n) is 3.03. The lowest BCUT2D eigenvalue weighted by Crippen LogP contribution is -2.14. The van der Waals surface area contributed by atoms with Crippen molar-refractivity contribution in [1.82, 2.24) is 5.32 Å². The Kier molecular flexibility index (Phi) is 6.69. The van der Waals surface area contributed by atoms with Gasteiger partial charge in [-0.1, -0.05) is 24.8 Å². The van der Waals surface area contributed by atoms with E-state index in [-0.39, 0.29) is 0 Å². The zero-order chi connectivity index (χ0) is 14.3. The Labute approximate surface area is 119 Å². The van der Waals surface area contributed by atoms with E-state index >= 15 is 0 Å². The van der Waals surface area contributed by atoms with Crippen LogP contribution < -0.4 is 5.32 Å². The summed E-state index contributed by atoms with van der Waals surface area (Å²) in [4.78, 5) is 0. The fourth-order valence-corrected chi connectivity index (χ4v) is 3.03. The van der Waals surface area contributed by atoms with Crippen molar-refractivity contribution in [2.24, 2.45) is 11.8 Å². The number of nitrogens with one attached hydrogen (secondary N) is 1. The predicted molar refractivity (Wildman–Crippen MR) is 86.0 cm³/mol. The maximum Gasteiger partial charge on any atom is 0.0138 e. The van der Waals surface area contributed by atoms with Gasteiger partial charge in [-0.2, -0.15) is 0 Å². The van der Waals surface area contributed by atoms with E-state index in [9.17, 15) is 0 Å². The first-order valence-corrected chi connectivity index (χ1v) is 7.39. The van der Waals surface area contributed by atoms with Gasteiger partial charge in [0.05, 0.1) is 0 Å². The Morgan fingerprint density at radius 2 is 2.05 bits per heavy atom.